The minimum Gasteiger partial charge on any atom is -0.303 e. The van der Waals surface area contributed by atoms with Gasteiger partial charge in [0.15, 0.2) is 0 Å². The van der Waals surface area contributed by atoms with Crippen molar-refractivity contribution in [2.75, 3.05) is 14.1 Å². The molecule has 0 aliphatic rings. The molecule has 1 heteroatoms. The highest BCUT2D eigenvalue weighted by Crippen LogP contribution is 2.31. The number of rotatable bonds is 6. The molecule has 0 saturated heterocycles. The van der Waals surface area contributed by atoms with Crippen molar-refractivity contribution in [1.29, 1.82) is 0 Å². The van der Waals surface area contributed by atoms with Gasteiger partial charge in [0.1, 0.15) is 0 Å². The zero-order valence-electron chi connectivity index (χ0n) is 20.4. The molecule has 0 aliphatic carbocycles. The van der Waals surface area contributed by atoms with Crippen LogP contribution in [-0.4, -0.2) is 19.0 Å². The van der Waals surface area contributed by atoms with E-state index in [1.807, 2.05) is 12.1 Å². The molecule has 0 bridgehead atoms. The quantitative estimate of drug-likeness (QED) is 0.366. The van der Waals surface area contributed by atoms with Gasteiger partial charge >= 0.3 is 0 Å². The van der Waals surface area contributed by atoms with Gasteiger partial charge in [-0.05, 0) is 87.2 Å². The number of aryl methyl sites for hydroxylation is 1. The third-order valence-corrected chi connectivity index (χ3v) is 6.24. The number of fused-ring (bicyclic) bond motifs is 1. The normalized spacial score (nSPS) is 13.8. The van der Waals surface area contributed by atoms with Crippen LogP contribution in [0.25, 0.3) is 16.3 Å². The van der Waals surface area contributed by atoms with E-state index in [0.717, 1.165) is 6.42 Å². The summed E-state index contributed by atoms with van der Waals surface area (Å²) >= 11 is 0. The molecule has 0 aliphatic heterocycles. The number of nitrogens with zero attached hydrogens (tertiary/aromatic N) is 1. The average molecular weight is 414 g/mol. The molecular formula is C30H39N. The molecule has 3 aromatic rings. The van der Waals surface area contributed by atoms with Gasteiger partial charge in [0.25, 0.3) is 0 Å². The van der Waals surface area contributed by atoms with Crippen molar-refractivity contribution >= 4 is 16.3 Å². The number of allylic oxidation sites excluding steroid dienone is 3. The second-order valence-corrected chi connectivity index (χ2v) is 8.85. The Morgan fingerprint density at radius 2 is 1.52 bits per heavy atom. The number of hydrogen-bond donors (Lipinski definition) is 0. The van der Waals surface area contributed by atoms with Crippen molar-refractivity contribution in [3.63, 3.8) is 0 Å². The molecule has 0 spiro atoms. The summed E-state index contributed by atoms with van der Waals surface area (Å²) in [6.07, 6.45) is 3.12. The lowest BCUT2D eigenvalue weighted by Crippen LogP contribution is -2.16. The molecule has 1 nitrogen and oxygen atoms in total. The minimum atomic E-state index is 0.510. The predicted octanol–water partition coefficient (Wildman–Crippen LogP) is 8.46. The second-order valence-electron chi connectivity index (χ2n) is 8.85. The number of hydrogen-bond acceptors (Lipinski definition) is 1. The van der Waals surface area contributed by atoms with Crippen molar-refractivity contribution in [1.82, 2.24) is 4.90 Å². The van der Waals surface area contributed by atoms with Gasteiger partial charge in [-0.1, -0.05) is 85.3 Å². The van der Waals surface area contributed by atoms with E-state index < -0.39 is 0 Å². The molecular weight excluding hydrogens is 374 g/mol. The van der Waals surface area contributed by atoms with E-state index in [2.05, 4.69) is 121 Å². The van der Waals surface area contributed by atoms with E-state index in [-0.39, 0.29) is 0 Å². The Morgan fingerprint density at radius 1 is 0.903 bits per heavy atom. The Labute approximate surface area is 190 Å². The van der Waals surface area contributed by atoms with E-state index in [1.165, 1.54) is 38.6 Å². The van der Waals surface area contributed by atoms with Crippen LogP contribution in [0.5, 0.6) is 0 Å². The molecule has 2 unspecified atom stereocenters. The van der Waals surface area contributed by atoms with Crippen LogP contribution >= 0.6 is 0 Å². The Balaban J connectivity index is 0.000000262. The van der Waals surface area contributed by atoms with Crippen molar-refractivity contribution in [3.8, 4) is 0 Å². The summed E-state index contributed by atoms with van der Waals surface area (Å²) in [7, 11) is 4.19. The van der Waals surface area contributed by atoms with E-state index in [0.29, 0.717) is 12.0 Å². The molecule has 0 N–H and O–H groups in total. The molecule has 0 amide bonds. The lowest BCUT2D eigenvalue weighted by atomic mass is 9.89. The van der Waals surface area contributed by atoms with Gasteiger partial charge in [0.05, 0.1) is 0 Å². The maximum Gasteiger partial charge on any atom is 0.0313 e. The number of benzene rings is 3. The molecule has 0 radical (unpaired) electrons. The summed E-state index contributed by atoms with van der Waals surface area (Å²) in [5, 5.41) is 2.67. The molecule has 2 atom stereocenters. The van der Waals surface area contributed by atoms with Gasteiger partial charge in [-0.2, -0.15) is 0 Å². The van der Waals surface area contributed by atoms with Crippen molar-refractivity contribution in [2.24, 2.45) is 5.92 Å². The lowest BCUT2D eigenvalue weighted by molar-refractivity contribution is 0.321. The van der Waals surface area contributed by atoms with Crippen LogP contribution in [0.15, 0.2) is 85.0 Å². The van der Waals surface area contributed by atoms with Crippen LogP contribution in [0.2, 0.25) is 0 Å². The molecule has 164 valence electrons. The average Bonchev–Trinajstić information content (AvgIpc) is 2.78. The SMILES string of the molecule is C=CC(C)C/C(C)=C(\C)c1c(C)ccc2ccccc12.CC(c1ccccc1)N(C)C. The molecule has 3 aromatic carbocycles. The summed E-state index contributed by atoms with van der Waals surface area (Å²) in [4.78, 5) is 2.20. The highest BCUT2D eigenvalue weighted by Gasteiger charge is 2.10. The fourth-order valence-electron chi connectivity index (χ4n) is 3.84. The fraction of sp³-hybridized carbons (Fsp3) is 0.333. The first kappa shape index (κ1) is 24.6. The Morgan fingerprint density at radius 3 is 2.13 bits per heavy atom. The Hall–Kier alpha value is -2.64. The first-order valence-corrected chi connectivity index (χ1v) is 11.2. The minimum absolute atomic E-state index is 0.510. The van der Waals surface area contributed by atoms with Gasteiger partial charge in [-0.25, -0.2) is 0 Å². The molecule has 31 heavy (non-hydrogen) atoms. The maximum absolute atomic E-state index is 3.89. The smallest absolute Gasteiger partial charge is 0.0313 e. The van der Waals surface area contributed by atoms with Crippen LogP contribution in [-0.2, 0) is 0 Å². The zero-order valence-corrected chi connectivity index (χ0v) is 20.4. The summed E-state index contributed by atoms with van der Waals surface area (Å²) < 4.78 is 0. The van der Waals surface area contributed by atoms with E-state index in [1.54, 1.807) is 0 Å². The third-order valence-electron chi connectivity index (χ3n) is 6.24. The lowest BCUT2D eigenvalue weighted by Gasteiger charge is -2.19. The second kappa shape index (κ2) is 11.7. The van der Waals surface area contributed by atoms with Crippen LogP contribution < -0.4 is 0 Å². The summed E-state index contributed by atoms with van der Waals surface area (Å²) in [6, 6.07) is 24.1. The summed E-state index contributed by atoms with van der Waals surface area (Å²) in [6.45, 7) is 15.0. The topological polar surface area (TPSA) is 3.24 Å². The highest BCUT2D eigenvalue weighted by atomic mass is 15.1. The predicted molar refractivity (Wildman–Crippen MR) is 139 cm³/mol. The molecule has 0 heterocycles. The van der Waals surface area contributed by atoms with E-state index in [9.17, 15) is 0 Å². The Bertz CT molecular complexity index is 1010. The maximum atomic E-state index is 3.89. The van der Waals surface area contributed by atoms with Crippen molar-refractivity contribution in [2.45, 2.75) is 47.1 Å². The first-order valence-electron chi connectivity index (χ1n) is 11.2. The monoisotopic (exact) mass is 413 g/mol. The van der Waals surface area contributed by atoms with Gasteiger partial charge in [0.2, 0.25) is 0 Å². The third kappa shape index (κ3) is 6.67. The summed E-state index contributed by atoms with van der Waals surface area (Å²) in [5.74, 6) is 0.528. The summed E-state index contributed by atoms with van der Waals surface area (Å²) in [5.41, 5.74) is 6.99. The standard InChI is InChI=1S/C20H24.C10H15N/c1-6-14(2)13-16(4)17(5)20-15(3)11-12-18-9-7-8-10-19(18)20;1-9(11(2)3)10-7-5-4-6-8-10/h6-12,14H,1,13H2,2-5H3;4-9H,1-3H3/b17-16+;. The van der Waals surface area contributed by atoms with Crippen molar-refractivity contribution in [3.05, 3.63) is 102 Å². The van der Waals surface area contributed by atoms with Crippen molar-refractivity contribution < 1.29 is 0 Å². The molecule has 0 saturated carbocycles. The van der Waals surface area contributed by atoms with Crippen LogP contribution in [0.3, 0.4) is 0 Å². The van der Waals surface area contributed by atoms with Gasteiger partial charge in [0, 0.05) is 6.04 Å². The zero-order chi connectivity index (χ0) is 23.0. The Kier molecular flexibility index (Phi) is 9.27. The van der Waals surface area contributed by atoms with E-state index in [4.69, 9.17) is 0 Å². The molecule has 3 rings (SSSR count). The van der Waals surface area contributed by atoms with Crippen LogP contribution in [0, 0.1) is 12.8 Å². The fourth-order valence-corrected chi connectivity index (χ4v) is 3.84. The van der Waals surface area contributed by atoms with Gasteiger partial charge in [-0.15, -0.1) is 6.58 Å². The first-order chi connectivity index (χ1) is 14.8. The largest absolute Gasteiger partial charge is 0.303 e. The highest BCUT2D eigenvalue weighted by molar-refractivity contribution is 5.95. The van der Waals surface area contributed by atoms with Gasteiger partial charge in [-0.3, -0.25) is 0 Å². The van der Waals surface area contributed by atoms with Crippen LogP contribution in [0.1, 0.15) is 56.8 Å². The molecule has 0 fully saturated rings. The van der Waals surface area contributed by atoms with Crippen LogP contribution in [0.4, 0.5) is 0 Å². The molecule has 0 aromatic heterocycles. The van der Waals surface area contributed by atoms with E-state index >= 15 is 0 Å². The van der Waals surface area contributed by atoms with Gasteiger partial charge < -0.3 is 4.90 Å².